The quantitative estimate of drug-likeness (QED) is 0.298. The van der Waals surface area contributed by atoms with Crippen LogP contribution in [-0.2, 0) is 0 Å². The van der Waals surface area contributed by atoms with E-state index in [-0.39, 0.29) is 27.2 Å². The summed E-state index contributed by atoms with van der Waals surface area (Å²) in [5.74, 6) is 0. The van der Waals surface area contributed by atoms with E-state index in [2.05, 4.69) is 10.3 Å². The van der Waals surface area contributed by atoms with Crippen molar-refractivity contribution in [3.8, 4) is 0 Å². The maximum absolute atomic E-state index is 5.70. The first-order chi connectivity index (χ1) is 8.09. The Hall–Kier alpha value is -2.33. The third kappa shape index (κ3) is 5.58. The number of hydrogen-bond donors (Lipinski definition) is 0. The summed E-state index contributed by atoms with van der Waals surface area (Å²) in [6.45, 7) is 0. The van der Waals surface area contributed by atoms with Crippen molar-refractivity contribution in [2.24, 2.45) is 0 Å². The summed E-state index contributed by atoms with van der Waals surface area (Å²) in [5.41, 5.74) is 1.65. The van der Waals surface area contributed by atoms with Crippen LogP contribution in [0.25, 0.3) is 11.0 Å². The molecule has 0 saturated carbocycles. The van der Waals surface area contributed by atoms with Crippen molar-refractivity contribution in [1.29, 1.82) is 0 Å². The van der Waals surface area contributed by atoms with E-state index in [0.717, 1.165) is 11.0 Å². The van der Waals surface area contributed by atoms with Gasteiger partial charge in [0.15, 0.2) is 5.52 Å². The van der Waals surface area contributed by atoms with Crippen molar-refractivity contribution < 1.29 is 23.3 Å². The van der Waals surface area contributed by atoms with Crippen molar-refractivity contribution in [1.82, 2.24) is 25.0 Å². The van der Waals surface area contributed by atoms with Crippen LogP contribution in [0.2, 0.25) is 0 Å². The zero-order chi connectivity index (χ0) is 12.4. The van der Waals surface area contributed by atoms with Gasteiger partial charge in [-0.2, -0.15) is 0 Å². The van der Waals surface area contributed by atoms with E-state index >= 15 is 0 Å². The number of carbonyl (C=O) groups excluding carboxylic acids is 1. The number of nitrogens with zero attached hydrogens (tertiary/aromatic N) is 5. The van der Waals surface area contributed by atoms with Gasteiger partial charge in [-0.15, -0.1) is 5.10 Å². The zero-order valence-corrected chi connectivity index (χ0v) is 12.5. The molecule has 0 saturated heterocycles. The van der Waals surface area contributed by atoms with Crippen LogP contribution < -0.4 is 18.8 Å². The number of fused-ring (bicyclic) bond motifs is 1. The summed E-state index contributed by atoms with van der Waals surface area (Å²) in [7, 11) is 7.64. The molecule has 0 aliphatic heterocycles. The molecule has 11 heteroatoms. The molecule has 2 rings (SSSR count). The molecule has 0 unspecified atom stereocenters. The first-order valence-corrected chi connectivity index (χ1v) is 5.30. The molecule has 1 aromatic heterocycles. The minimum atomic E-state index is 0. The summed E-state index contributed by atoms with van der Waals surface area (Å²) < 4.78 is 5.70. The number of rotatable bonds is 1. The molecule has 0 radical (unpaired) electrons. The topological polar surface area (TPSA) is 48.5 Å². The Bertz CT molecular complexity index is 554. The fourth-order valence-corrected chi connectivity index (χ4v) is 1.56. The largest absolute Gasteiger partial charge is 3.00 e. The van der Waals surface area contributed by atoms with Crippen molar-refractivity contribution >= 4 is 25.5 Å². The van der Waals surface area contributed by atoms with Crippen LogP contribution in [0.4, 0.5) is 4.53 Å². The number of amides is 2. The summed E-state index contributed by atoms with van der Waals surface area (Å²) >= 11 is 0. The fourth-order valence-electron chi connectivity index (χ4n) is 1.56. The van der Waals surface area contributed by atoms with Gasteiger partial charge in [-0.25, -0.2) is 0 Å². The molecule has 0 aliphatic rings. The fraction of sp³-hybridized carbons (Fsp3) is 0.364. The Morgan fingerprint density at radius 1 is 0.955 bits per heavy atom. The molecule has 1 aromatic carbocycles. The third-order valence-electron chi connectivity index (χ3n) is 2.25. The van der Waals surface area contributed by atoms with Gasteiger partial charge in [0.25, 0.3) is 0 Å². The summed E-state index contributed by atoms with van der Waals surface area (Å²) in [6, 6.07) is 8.34. The SMILES string of the molecule is CN(C)C(=[O+]n1nnc2ccccc21)N(C)C.[B+3].[F-].[F-].[F-].[F-]. The summed E-state index contributed by atoms with van der Waals surface area (Å²) in [5, 5.41) is 8.00. The van der Waals surface area contributed by atoms with Gasteiger partial charge in [0.05, 0.1) is 0 Å². The van der Waals surface area contributed by atoms with Crippen molar-refractivity contribution in [3.63, 3.8) is 0 Å². The second-order valence-corrected chi connectivity index (χ2v) is 4.11. The van der Waals surface area contributed by atoms with E-state index in [1.807, 2.05) is 62.3 Å². The summed E-state index contributed by atoms with van der Waals surface area (Å²) in [4.78, 5) is 5.16. The molecule has 0 spiro atoms. The van der Waals surface area contributed by atoms with Crippen molar-refractivity contribution in [2.75, 3.05) is 28.2 Å². The van der Waals surface area contributed by atoms with Gasteiger partial charge >= 0.3 is 14.4 Å². The second-order valence-electron chi connectivity index (χ2n) is 4.11. The zero-order valence-electron chi connectivity index (χ0n) is 12.5. The predicted molar refractivity (Wildman–Crippen MR) is 71.5 cm³/mol. The molecule has 0 N–H and O–H groups in total. The van der Waals surface area contributed by atoms with Crippen molar-refractivity contribution in [3.05, 3.63) is 24.3 Å². The predicted octanol–water partition coefficient (Wildman–Crippen LogP) is -11.4. The molecule has 2 amide bonds. The Morgan fingerprint density at radius 3 is 1.95 bits per heavy atom. The van der Waals surface area contributed by atoms with Crippen LogP contribution in [0.3, 0.4) is 0 Å². The number of para-hydroxylation sites is 1. The first kappa shape index (κ1) is 27.9. The van der Waals surface area contributed by atoms with E-state index in [1.54, 1.807) is 0 Å². The normalized spacial score (nSPS) is 8.00. The van der Waals surface area contributed by atoms with Crippen LogP contribution in [0.1, 0.15) is 0 Å². The van der Waals surface area contributed by atoms with Gasteiger partial charge < -0.3 is 18.8 Å². The van der Waals surface area contributed by atoms with Gasteiger partial charge in [0, 0.05) is 33.4 Å². The Labute approximate surface area is 127 Å². The second kappa shape index (κ2) is 11.3. The van der Waals surface area contributed by atoms with Gasteiger partial charge in [0.2, 0.25) is 0 Å². The number of benzene rings is 1. The molecule has 2 aromatic rings. The molecule has 0 aliphatic carbocycles. The molecule has 0 fully saturated rings. The monoisotopic (exact) mass is 321 g/mol. The van der Waals surface area contributed by atoms with Gasteiger partial charge in [-0.05, 0) is 16.7 Å². The number of halogens is 4. The van der Waals surface area contributed by atoms with Gasteiger partial charge in [-0.1, -0.05) is 12.1 Å². The standard InChI is InChI=1S/C11H16N5O.B.4FH/c1-14(2)11(15(3)4)17-16-10-8-6-5-7-9(10)12-13-16;;;;;/h5-8H,1-4H3;;4*1H/q+1;+3;;;;/p-4. The number of aromatic nitrogens is 3. The molecular formula is C11H16BF4N5O. The van der Waals surface area contributed by atoms with E-state index in [9.17, 15) is 0 Å². The van der Waals surface area contributed by atoms with Crippen LogP contribution in [0.15, 0.2) is 24.3 Å². The van der Waals surface area contributed by atoms with E-state index in [0.29, 0.717) is 6.03 Å². The average molecular weight is 321 g/mol. The third-order valence-corrected chi connectivity index (χ3v) is 2.25. The molecule has 22 heavy (non-hydrogen) atoms. The van der Waals surface area contributed by atoms with Gasteiger partial charge in [0.1, 0.15) is 10.4 Å². The van der Waals surface area contributed by atoms with Crippen LogP contribution in [0, 0.1) is 0 Å². The molecule has 122 valence electrons. The van der Waals surface area contributed by atoms with E-state index in [1.165, 1.54) is 4.85 Å². The Morgan fingerprint density at radius 2 is 1.45 bits per heavy atom. The molecule has 1 heterocycles. The van der Waals surface area contributed by atoms with Crippen molar-refractivity contribution in [2.45, 2.75) is 0 Å². The molecular weight excluding hydrogens is 305 g/mol. The average Bonchev–Trinajstić information content (AvgIpc) is 2.68. The first-order valence-electron chi connectivity index (χ1n) is 5.30. The maximum atomic E-state index is 5.70. The summed E-state index contributed by atoms with van der Waals surface area (Å²) in [6.07, 6.45) is 0. The van der Waals surface area contributed by atoms with Crippen LogP contribution in [-0.4, -0.2) is 67.6 Å². The Kier molecular flexibility index (Phi) is 14.4. The molecule has 0 bridgehead atoms. The van der Waals surface area contributed by atoms with E-state index in [4.69, 9.17) is 4.53 Å². The van der Waals surface area contributed by atoms with Crippen LogP contribution >= 0.6 is 0 Å². The number of hydrogen-bond acceptors (Lipinski definition) is 2. The van der Waals surface area contributed by atoms with E-state index < -0.39 is 0 Å². The smallest absolute Gasteiger partial charge is 1.00 e. The Balaban J connectivity index is -0.000000324. The minimum Gasteiger partial charge on any atom is -1.00 e. The minimum absolute atomic E-state index is 0. The number of urea groups is 1. The maximum Gasteiger partial charge on any atom is 3.00 e. The van der Waals surface area contributed by atoms with Crippen LogP contribution in [0.5, 0.6) is 0 Å². The molecule has 0 atom stereocenters. The van der Waals surface area contributed by atoms with Gasteiger partial charge in [-0.3, -0.25) is 9.80 Å². The molecule has 6 nitrogen and oxygen atoms in total.